The molecule has 2 rings (SSSR count). The zero-order valence-electron chi connectivity index (χ0n) is 10.9. The van der Waals surface area contributed by atoms with E-state index in [-0.39, 0.29) is 12.5 Å². The summed E-state index contributed by atoms with van der Waals surface area (Å²) in [5, 5.41) is 3.10. The maximum absolute atomic E-state index is 11.7. The third kappa shape index (κ3) is 4.70. The number of amides is 1. The maximum atomic E-state index is 11.7. The van der Waals surface area contributed by atoms with E-state index in [0.717, 1.165) is 5.56 Å². The molecule has 2 aromatic rings. The van der Waals surface area contributed by atoms with Gasteiger partial charge in [0.05, 0.1) is 5.02 Å². The number of ether oxygens (including phenoxy) is 1. The minimum atomic E-state index is -0.316. The van der Waals surface area contributed by atoms with Gasteiger partial charge in [0, 0.05) is 11.8 Å². The molecule has 108 valence electrons. The lowest BCUT2D eigenvalue weighted by Crippen LogP contribution is -2.20. The van der Waals surface area contributed by atoms with Gasteiger partial charge in [0.2, 0.25) is 0 Å². The van der Waals surface area contributed by atoms with Crippen molar-refractivity contribution in [3.8, 4) is 5.75 Å². The lowest BCUT2D eigenvalue weighted by molar-refractivity contribution is -0.118. The Morgan fingerprint density at radius 2 is 2.00 bits per heavy atom. The number of aromatic nitrogens is 1. The maximum Gasteiger partial charge on any atom is 0.263 e. The van der Waals surface area contributed by atoms with Crippen molar-refractivity contribution in [3.63, 3.8) is 0 Å². The highest BCUT2D eigenvalue weighted by Crippen LogP contribution is 2.13. The fourth-order valence-corrected chi connectivity index (χ4v) is 1.74. The molecule has 1 heterocycles. The second-order valence-corrected chi connectivity index (χ2v) is 4.96. The minimum Gasteiger partial charge on any atom is -0.484 e. The van der Waals surface area contributed by atoms with Crippen LogP contribution in [0.2, 0.25) is 5.02 Å². The normalized spacial score (nSPS) is 9.95. The van der Waals surface area contributed by atoms with Crippen molar-refractivity contribution in [3.05, 3.63) is 53.2 Å². The van der Waals surface area contributed by atoms with E-state index in [9.17, 15) is 4.79 Å². The van der Waals surface area contributed by atoms with Crippen LogP contribution in [-0.4, -0.2) is 22.5 Å². The molecule has 0 aliphatic rings. The number of benzene rings is 1. The van der Waals surface area contributed by atoms with Gasteiger partial charge in [0.15, 0.2) is 6.61 Å². The Kier molecular flexibility index (Phi) is 5.08. The molecule has 1 amide bonds. The number of pyridine rings is 1. The number of anilines is 1. The molecule has 0 unspecified atom stereocenters. The number of thiocarbonyl (C=S) groups is 1. The van der Waals surface area contributed by atoms with E-state index in [1.165, 1.54) is 6.20 Å². The number of hydrogen-bond acceptors (Lipinski definition) is 4. The summed E-state index contributed by atoms with van der Waals surface area (Å²) in [6, 6.07) is 10.1. The highest BCUT2D eigenvalue weighted by molar-refractivity contribution is 7.80. The van der Waals surface area contributed by atoms with Gasteiger partial charge in [-0.1, -0.05) is 23.8 Å². The van der Waals surface area contributed by atoms with Crippen LogP contribution in [-0.2, 0) is 4.79 Å². The summed E-state index contributed by atoms with van der Waals surface area (Å²) in [5.74, 6) is 0.647. The number of carbonyl (C=O) groups is 1. The molecular formula is C14H12ClN3O2S. The quantitative estimate of drug-likeness (QED) is 0.827. The molecule has 5 nitrogen and oxygen atoms in total. The standard InChI is InChI=1S/C14H12ClN3O2S/c15-10-3-6-12(17-7-10)18-13(19)8-20-11-4-1-9(2-5-11)14(16)21/h1-7H,8H2,(H2,16,21)(H,17,18,19). The van der Waals surface area contributed by atoms with E-state index in [1.807, 2.05) is 0 Å². The van der Waals surface area contributed by atoms with E-state index < -0.39 is 0 Å². The summed E-state index contributed by atoms with van der Waals surface area (Å²) in [6.45, 7) is -0.128. The Morgan fingerprint density at radius 3 is 2.57 bits per heavy atom. The van der Waals surface area contributed by atoms with E-state index in [2.05, 4.69) is 10.3 Å². The number of halogens is 1. The molecule has 0 aliphatic heterocycles. The van der Waals surface area contributed by atoms with Gasteiger partial charge in [-0.3, -0.25) is 4.79 Å². The molecule has 7 heteroatoms. The van der Waals surface area contributed by atoms with Crippen molar-refractivity contribution in [2.45, 2.75) is 0 Å². The van der Waals surface area contributed by atoms with Crippen molar-refractivity contribution in [2.75, 3.05) is 11.9 Å². The monoisotopic (exact) mass is 321 g/mol. The first-order valence-electron chi connectivity index (χ1n) is 5.98. The summed E-state index contributed by atoms with van der Waals surface area (Å²) >= 11 is 10.6. The van der Waals surface area contributed by atoms with Gasteiger partial charge in [-0.15, -0.1) is 0 Å². The van der Waals surface area contributed by atoms with Crippen LogP contribution in [0.1, 0.15) is 5.56 Å². The molecule has 0 bridgehead atoms. The summed E-state index contributed by atoms with van der Waals surface area (Å²) in [6.07, 6.45) is 1.45. The molecule has 0 aliphatic carbocycles. The third-order valence-electron chi connectivity index (χ3n) is 2.50. The molecular weight excluding hydrogens is 310 g/mol. The van der Waals surface area contributed by atoms with Gasteiger partial charge in [-0.25, -0.2) is 4.98 Å². The molecule has 0 atom stereocenters. The molecule has 21 heavy (non-hydrogen) atoms. The fraction of sp³-hybridized carbons (Fsp3) is 0.0714. The molecule has 0 radical (unpaired) electrons. The van der Waals surface area contributed by atoms with E-state index in [0.29, 0.717) is 21.6 Å². The molecule has 1 aromatic carbocycles. The van der Waals surface area contributed by atoms with Gasteiger partial charge < -0.3 is 15.8 Å². The second kappa shape index (κ2) is 7.01. The Bertz CT molecular complexity index is 644. The Labute approximate surface area is 132 Å². The predicted octanol–water partition coefficient (Wildman–Crippen LogP) is 2.39. The lowest BCUT2D eigenvalue weighted by Gasteiger charge is -2.07. The van der Waals surface area contributed by atoms with Crippen LogP contribution in [0.3, 0.4) is 0 Å². The van der Waals surface area contributed by atoms with Gasteiger partial charge in [0.1, 0.15) is 16.6 Å². The van der Waals surface area contributed by atoms with Crippen molar-refractivity contribution in [1.82, 2.24) is 4.98 Å². The van der Waals surface area contributed by atoms with Crippen molar-refractivity contribution < 1.29 is 9.53 Å². The zero-order valence-corrected chi connectivity index (χ0v) is 12.4. The molecule has 0 saturated carbocycles. The van der Waals surface area contributed by atoms with E-state index in [4.69, 9.17) is 34.3 Å². The van der Waals surface area contributed by atoms with Crippen LogP contribution in [0.15, 0.2) is 42.6 Å². The topological polar surface area (TPSA) is 77.2 Å². The molecule has 0 saturated heterocycles. The number of nitrogens with two attached hydrogens (primary N) is 1. The number of hydrogen-bond donors (Lipinski definition) is 2. The molecule has 1 aromatic heterocycles. The first-order valence-corrected chi connectivity index (χ1v) is 6.77. The summed E-state index contributed by atoms with van der Waals surface area (Å²) in [5.41, 5.74) is 6.24. The number of nitrogens with one attached hydrogen (secondary N) is 1. The van der Waals surface area contributed by atoms with Gasteiger partial charge in [-0.05, 0) is 36.4 Å². The molecule has 0 fully saturated rings. The number of carbonyl (C=O) groups excluding carboxylic acids is 1. The van der Waals surface area contributed by atoms with Crippen LogP contribution in [0.4, 0.5) is 5.82 Å². The van der Waals surface area contributed by atoms with Crippen molar-refractivity contribution in [2.24, 2.45) is 5.73 Å². The first kappa shape index (κ1) is 15.2. The fourth-order valence-electron chi connectivity index (χ4n) is 1.49. The highest BCUT2D eigenvalue weighted by Gasteiger charge is 2.05. The van der Waals surface area contributed by atoms with Gasteiger partial charge >= 0.3 is 0 Å². The van der Waals surface area contributed by atoms with E-state index >= 15 is 0 Å². The first-order chi connectivity index (χ1) is 10.0. The van der Waals surface area contributed by atoms with Crippen LogP contribution in [0, 0.1) is 0 Å². The highest BCUT2D eigenvalue weighted by atomic mass is 35.5. The largest absolute Gasteiger partial charge is 0.484 e. The average Bonchev–Trinajstić information content (AvgIpc) is 2.48. The van der Waals surface area contributed by atoms with Crippen molar-refractivity contribution in [1.29, 1.82) is 0 Å². The van der Waals surface area contributed by atoms with Crippen LogP contribution in [0.5, 0.6) is 5.75 Å². The minimum absolute atomic E-state index is 0.128. The Balaban J connectivity index is 1.86. The zero-order chi connectivity index (χ0) is 15.2. The SMILES string of the molecule is NC(=S)c1ccc(OCC(=O)Nc2ccc(Cl)cn2)cc1. The van der Waals surface area contributed by atoms with Gasteiger partial charge in [0.25, 0.3) is 5.91 Å². The Morgan fingerprint density at radius 1 is 1.29 bits per heavy atom. The third-order valence-corrected chi connectivity index (χ3v) is 2.96. The van der Waals surface area contributed by atoms with Crippen LogP contribution < -0.4 is 15.8 Å². The number of rotatable bonds is 5. The second-order valence-electron chi connectivity index (χ2n) is 4.09. The smallest absolute Gasteiger partial charge is 0.263 e. The molecule has 3 N–H and O–H groups in total. The number of nitrogens with zero attached hydrogens (tertiary/aromatic N) is 1. The Hall–Kier alpha value is -2.18. The molecule has 0 spiro atoms. The van der Waals surface area contributed by atoms with Crippen molar-refractivity contribution >= 4 is 40.5 Å². The predicted molar refractivity (Wildman–Crippen MR) is 85.7 cm³/mol. The lowest BCUT2D eigenvalue weighted by atomic mass is 10.2. The summed E-state index contributed by atoms with van der Waals surface area (Å²) in [4.78, 5) is 16.0. The van der Waals surface area contributed by atoms with Crippen LogP contribution in [0.25, 0.3) is 0 Å². The summed E-state index contributed by atoms with van der Waals surface area (Å²) in [7, 11) is 0. The van der Waals surface area contributed by atoms with E-state index in [1.54, 1.807) is 36.4 Å². The van der Waals surface area contributed by atoms with Gasteiger partial charge in [-0.2, -0.15) is 0 Å². The summed E-state index contributed by atoms with van der Waals surface area (Å²) < 4.78 is 5.35. The van der Waals surface area contributed by atoms with Crippen LogP contribution >= 0.6 is 23.8 Å². The average molecular weight is 322 g/mol.